The van der Waals surface area contributed by atoms with Crippen LogP contribution in [0.3, 0.4) is 0 Å². The van der Waals surface area contributed by atoms with Gasteiger partial charge in [0.1, 0.15) is 11.5 Å². The maximum Gasteiger partial charge on any atom is 0.311 e. The molecule has 120 valence electrons. The zero-order chi connectivity index (χ0) is 16.2. The van der Waals surface area contributed by atoms with E-state index in [0.29, 0.717) is 30.9 Å². The van der Waals surface area contributed by atoms with Crippen LogP contribution in [0.25, 0.3) is 0 Å². The van der Waals surface area contributed by atoms with E-state index in [1.54, 1.807) is 43.2 Å². The number of rotatable bonds is 5. The summed E-state index contributed by atoms with van der Waals surface area (Å²) in [4.78, 5) is 25.1. The molecule has 1 aromatic rings. The van der Waals surface area contributed by atoms with Gasteiger partial charge in [0.15, 0.2) is 6.61 Å². The second-order valence-corrected chi connectivity index (χ2v) is 5.75. The van der Waals surface area contributed by atoms with Crippen LogP contribution in [0, 0.1) is 5.41 Å². The molecule has 6 nitrogen and oxygen atoms in total. The summed E-state index contributed by atoms with van der Waals surface area (Å²) in [7, 11) is 1.58. The molecule has 1 aromatic carbocycles. The molecule has 0 saturated carbocycles. The first-order valence-electron chi connectivity index (χ1n) is 7.23. The van der Waals surface area contributed by atoms with Crippen molar-refractivity contribution in [3.05, 3.63) is 24.3 Å². The summed E-state index contributed by atoms with van der Waals surface area (Å²) in [5, 5.41) is 9.27. The van der Waals surface area contributed by atoms with Gasteiger partial charge in [-0.15, -0.1) is 0 Å². The molecule has 1 aliphatic heterocycles. The fraction of sp³-hybridized carbons (Fsp3) is 0.500. The molecule has 0 spiro atoms. The van der Waals surface area contributed by atoms with Gasteiger partial charge in [0.25, 0.3) is 5.91 Å². The average molecular weight is 307 g/mol. The van der Waals surface area contributed by atoms with Gasteiger partial charge in [0, 0.05) is 13.1 Å². The fourth-order valence-corrected chi connectivity index (χ4v) is 2.54. The lowest BCUT2D eigenvalue weighted by Gasteiger charge is -2.37. The van der Waals surface area contributed by atoms with E-state index in [1.807, 2.05) is 0 Å². The van der Waals surface area contributed by atoms with Crippen molar-refractivity contribution in [1.29, 1.82) is 0 Å². The number of nitrogens with zero attached hydrogens (tertiary/aromatic N) is 1. The van der Waals surface area contributed by atoms with Crippen LogP contribution < -0.4 is 9.47 Å². The molecule has 22 heavy (non-hydrogen) atoms. The lowest BCUT2D eigenvalue weighted by atomic mass is 9.82. The number of hydrogen-bond acceptors (Lipinski definition) is 4. The molecule has 0 radical (unpaired) electrons. The van der Waals surface area contributed by atoms with E-state index < -0.39 is 11.4 Å². The van der Waals surface area contributed by atoms with Gasteiger partial charge in [0.05, 0.1) is 12.5 Å². The van der Waals surface area contributed by atoms with E-state index in [1.165, 1.54) is 0 Å². The molecular weight excluding hydrogens is 286 g/mol. The monoisotopic (exact) mass is 307 g/mol. The summed E-state index contributed by atoms with van der Waals surface area (Å²) in [5.41, 5.74) is -0.867. The highest BCUT2D eigenvalue weighted by atomic mass is 16.5. The van der Waals surface area contributed by atoms with Crippen molar-refractivity contribution in [1.82, 2.24) is 4.90 Å². The van der Waals surface area contributed by atoms with Crippen LogP contribution in [0.4, 0.5) is 0 Å². The summed E-state index contributed by atoms with van der Waals surface area (Å²) < 4.78 is 10.5. The third kappa shape index (κ3) is 3.69. The highest BCUT2D eigenvalue weighted by Crippen LogP contribution is 2.29. The SMILES string of the molecule is COc1ccc(OCC(=O)N2CCCC(C)(C(=O)O)C2)cc1. The number of carbonyl (C=O) groups excluding carboxylic acids is 1. The number of piperidine rings is 1. The van der Waals surface area contributed by atoms with Crippen LogP contribution in [0.5, 0.6) is 11.5 Å². The number of amides is 1. The molecule has 2 rings (SSSR count). The van der Waals surface area contributed by atoms with Crippen LogP contribution in [-0.2, 0) is 9.59 Å². The van der Waals surface area contributed by atoms with Crippen molar-refractivity contribution in [3.8, 4) is 11.5 Å². The van der Waals surface area contributed by atoms with Crippen LogP contribution in [0.15, 0.2) is 24.3 Å². The molecule has 1 heterocycles. The molecule has 1 amide bonds. The Bertz CT molecular complexity index is 542. The number of likely N-dealkylation sites (tertiary alicyclic amines) is 1. The first-order valence-corrected chi connectivity index (χ1v) is 7.23. The maximum atomic E-state index is 12.2. The summed E-state index contributed by atoms with van der Waals surface area (Å²) in [6.45, 7) is 2.39. The summed E-state index contributed by atoms with van der Waals surface area (Å²) in [6.07, 6.45) is 1.28. The lowest BCUT2D eigenvalue weighted by molar-refractivity contribution is -0.153. The second kappa shape index (κ2) is 6.68. The smallest absolute Gasteiger partial charge is 0.311 e. The predicted octanol–water partition coefficient (Wildman–Crippen LogP) is 1.79. The van der Waals surface area contributed by atoms with E-state index >= 15 is 0 Å². The van der Waals surface area contributed by atoms with Gasteiger partial charge < -0.3 is 19.5 Å². The molecule has 1 atom stereocenters. The third-order valence-electron chi connectivity index (χ3n) is 3.99. The Labute approximate surface area is 129 Å². The van der Waals surface area contributed by atoms with Gasteiger partial charge in [-0.1, -0.05) is 0 Å². The first-order chi connectivity index (χ1) is 10.4. The second-order valence-electron chi connectivity index (χ2n) is 5.75. The van der Waals surface area contributed by atoms with Gasteiger partial charge in [-0.05, 0) is 44.0 Å². The summed E-state index contributed by atoms with van der Waals surface area (Å²) >= 11 is 0. The predicted molar refractivity (Wildman–Crippen MR) is 80.0 cm³/mol. The lowest BCUT2D eigenvalue weighted by Crippen LogP contribution is -2.49. The van der Waals surface area contributed by atoms with Crippen LogP contribution >= 0.6 is 0 Å². The zero-order valence-electron chi connectivity index (χ0n) is 12.9. The van der Waals surface area contributed by atoms with Crippen molar-refractivity contribution in [3.63, 3.8) is 0 Å². The van der Waals surface area contributed by atoms with Gasteiger partial charge in [-0.25, -0.2) is 0 Å². The van der Waals surface area contributed by atoms with E-state index in [0.717, 1.165) is 0 Å². The van der Waals surface area contributed by atoms with Crippen molar-refractivity contribution >= 4 is 11.9 Å². The Hall–Kier alpha value is -2.24. The Morgan fingerprint density at radius 1 is 1.27 bits per heavy atom. The molecule has 6 heteroatoms. The van der Waals surface area contributed by atoms with E-state index in [2.05, 4.69) is 0 Å². The number of carboxylic acids is 1. The molecule has 0 aliphatic carbocycles. The maximum absolute atomic E-state index is 12.2. The fourth-order valence-electron chi connectivity index (χ4n) is 2.54. The quantitative estimate of drug-likeness (QED) is 0.897. The topological polar surface area (TPSA) is 76.1 Å². The average Bonchev–Trinajstić information content (AvgIpc) is 2.53. The normalized spacial score (nSPS) is 21.3. The van der Waals surface area contributed by atoms with E-state index in [9.17, 15) is 14.7 Å². The molecule has 0 bridgehead atoms. The van der Waals surface area contributed by atoms with Gasteiger partial charge in [-0.2, -0.15) is 0 Å². The number of benzene rings is 1. The minimum atomic E-state index is -0.867. The Kier molecular flexibility index (Phi) is 4.90. The molecule has 1 saturated heterocycles. The largest absolute Gasteiger partial charge is 0.497 e. The Balaban J connectivity index is 1.90. The molecule has 0 aromatic heterocycles. The highest BCUT2D eigenvalue weighted by Gasteiger charge is 2.39. The number of carbonyl (C=O) groups is 2. The van der Waals surface area contributed by atoms with Gasteiger partial charge >= 0.3 is 5.97 Å². The van der Waals surface area contributed by atoms with Crippen LogP contribution in [0.1, 0.15) is 19.8 Å². The van der Waals surface area contributed by atoms with Gasteiger partial charge in [0.2, 0.25) is 0 Å². The molecule has 1 N–H and O–H groups in total. The Morgan fingerprint density at radius 3 is 2.50 bits per heavy atom. The number of hydrogen-bond donors (Lipinski definition) is 1. The molecule has 1 unspecified atom stereocenters. The van der Waals surface area contributed by atoms with Crippen molar-refractivity contribution < 1.29 is 24.2 Å². The van der Waals surface area contributed by atoms with E-state index in [-0.39, 0.29) is 19.1 Å². The number of methoxy groups -OCH3 is 1. The standard InChI is InChI=1S/C16H21NO5/c1-16(15(19)20)8-3-9-17(11-16)14(18)10-22-13-6-4-12(21-2)5-7-13/h4-7H,3,8-11H2,1-2H3,(H,19,20). The number of carboxylic acid groups (broad SMARTS) is 1. The number of aliphatic carboxylic acids is 1. The summed E-state index contributed by atoms with van der Waals surface area (Å²) in [6, 6.07) is 6.96. The van der Waals surface area contributed by atoms with Crippen LogP contribution in [0.2, 0.25) is 0 Å². The molecule has 1 aliphatic rings. The van der Waals surface area contributed by atoms with Gasteiger partial charge in [-0.3, -0.25) is 9.59 Å². The first kappa shape index (κ1) is 16.1. The minimum absolute atomic E-state index is 0.0952. The highest BCUT2D eigenvalue weighted by molar-refractivity contribution is 5.80. The summed E-state index contributed by atoms with van der Waals surface area (Å²) in [5.74, 6) is 0.239. The third-order valence-corrected chi connectivity index (χ3v) is 3.99. The van der Waals surface area contributed by atoms with Crippen LogP contribution in [-0.4, -0.2) is 48.7 Å². The van der Waals surface area contributed by atoms with Crippen molar-refractivity contribution in [2.75, 3.05) is 26.8 Å². The number of ether oxygens (including phenoxy) is 2. The van der Waals surface area contributed by atoms with E-state index in [4.69, 9.17) is 9.47 Å². The minimum Gasteiger partial charge on any atom is -0.497 e. The van der Waals surface area contributed by atoms with Crippen molar-refractivity contribution in [2.45, 2.75) is 19.8 Å². The van der Waals surface area contributed by atoms with Crippen molar-refractivity contribution in [2.24, 2.45) is 5.41 Å². The zero-order valence-corrected chi connectivity index (χ0v) is 12.9. The molecular formula is C16H21NO5. The molecule has 1 fully saturated rings. The Morgan fingerprint density at radius 2 is 1.91 bits per heavy atom.